The van der Waals surface area contributed by atoms with Crippen molar-refractivity contribution in [1.82, 2.24) is 9.97 Å². The summed E-state index contributed by atoms with van der Waals surface area (Å²) in [5.74, 6) is 1.92. The maximum Gasteiger partial charge on any atom is 0.171 e. The van der Waals surface area contributed by atoms with Gasteiger partial charge in [0.05, 0.1) is 11.4 Å². The van der Waals surface area contributed by atoms with E-state index in [1.54, 1.807) is 0 Å². The smallest absolute Gasteiger partial charge is 0.171 e. The maximum atomic E-state index is 6.15. The van der Waals surface area contributed by atoms with Gasteiger partial charge in [-0.3, -0.25) is 0 Å². The first-order valence-electron chi connectivity index (χ1n) is 5.69. The van der Waals surface area contributed by atoms with Crippen LogP contribution in [0.5, 0.6) is 0 Å². The Labute approximate surface area is 113 Å². The van der Waals surface area contributed by atoms with Gasteiger partial charge in [-0.05, 0) is 39.2 Å². The van der Waals surface area contributed by atoms with E-state index in [1.807, 2.05) is 32.7 Å². The molecule has 0 fully saturated rings. The van der Waals surface area contributed by atoms with Crippen LogP contribution in [0.1, 0.15) is 24.7 Å². The lowest BCUT2D eigenvalue weighted by Crippen LogP contribution is -2.30. The van der Waals surface area contributed by atoms with Crippen LogP contribution in [0.2, 0.25) is 5.15 Å². The molecular formula is C12H20ClN3S. The number of aryl methyl sites for hydroxylation is 2. The van der Waals surface area contributed by atoms with Crippen LogP contribution in [0.4, 0.5) is 5.82 Å². The second-order valence-electron chi connectivity index (χ2n) is 4.25. The first-order valence-corrected chi connectivity index (χ1v) is 7.47. The number of hydrogen-bond acceptors (Lipinski definition) is 4. The van der Waals surface area contributed by atoms with E-state index in [4.69, 9.17) is 11.6 Å². The van der Waals surface area contributed by atoms with Crippen molar-refractivity contribution in [3.8, 4) is 0 Å². The highest BCUT2D eigenvalue weighted by Gasteiger charge is 2.16. The summed E-state index contributed by atoms with van der Waals surface area (Å²) in [6, 6.07) is 0.413. The molecule has 1 atom stereocenters. The van der Waals surface area contributed by atoms with E-state index in [-0.39, 0.29) is 0 Å². The molecule has 0 spiro atoms. The lowest BCUT2D eigenvalue weighted by molar-refractivity contribution is 0.659. The fraction of sp³-hybridized carbons (Fsp3) is 0.667. The van der Waals surface area contributed by atoms with Gasteiger partial charge in [-0.2, -0.15) is 11.8 Å². The predicted octanol–water partition coefficient (Wildman–Crippen LogP) is 3.32. The third-order valence-corrected chi connectivity index (χ3v) is 3.88. The number of rotatable bonds is 5. The molecule has 1 unspecified atom stereocenters. The second-order valence-corrected chi connectivity index (χ2v) is 5.59. The Hall–Kier alpha value is -0.480. The molecule has 17 heavy (non-hydrogen) atoms. The molecule has 1 heterocycles. The molecule has 0 saturated carbocycles. The molecule has 3 nitrogen and oxygen atoms in total. The van der Waals surface area contributed by atoms with E-state index in [2.05, 4.69) is 28.0 Å². The van der Waals surface area contributed by atoms with Crippen LogP contribution < -0.4 is 4.90 Å². The lowest BCUT2D eigenvalue weighted by atomic mass is 10.2. The van der Waals surface area contributed by atoms with E-state index < -0.39 is 0 Å². The SMILES string of the molecule is CSCCC(C)N(C)c1nc(C)c(C)nc1Cl. The van der Waals surface area contributed by atoms with Crippen LogP contribution in [0.15, 0.2) is 0 Å². The molecule has 0 aromatic carbocycles. The van der Waals surface area contributed by atoms with Gasteiger partial charge in [0, 0.05) is 13.1 Å². The normalized spacial score (nSPS) is 12.6. The van der Waals surface area contributed by atoms with Crippen molar-refractivity contribution >= 4 is 29.2 Å². The Morgan fingerprint density at radius 2 is 1.88 bits per heavy atom. The Morgan fingerprint density at radius 1 is 1.29 bits per heavy atom. The first-order chi connectivity index (χ1) is 7.97. The third kappa shape index (κ3) is 3.75. The zero-order chi connectivity index (χ0) is 13.0. The highest BCUT2D eigenvalue weighted by Crippen LogP contribution is 2.24. The Bertz CT molecular complexity index is 384. The van der Waals surface area contributed by atoms with Crippen LogP contribution in [0.25, 0.3) is 0 Å². The number of nitrogens with zero attached hydrogens (tertiary/aromatic N) is 3. The summed E-state index contributed by atoms with van der Waals surface area (Å²) >= 11 is 8.01. The minimum Gasteiger partial charge on any atom is -0.354 e. The number of halogens is 1. The van der Waals surface area contributed by atoms with E-state index >= 15 is 0 Å². The molecule has 0 aliphatic heterocycles. The van der Waals surface area contributed by atoms with Crippen LogP contribution >= 0.6 is 23.4 Å². The van der Waals surface area contributed by atoms with Crippen molar-refractivity contribution in [3.63, 3.8) is 0 Å². The second kappa shape index (κ2) is 6.45. The minimum atomic E-state index is 0.413. The summed E-state index contributed by atoms with van der Waals surface area (Å²) in [7, 11) is 2.02. The molecule has 0 N–H and O–H groups in total. The van der Waals surface area contributed by atoms with Gasteiger partial charge >= 0.3 is 0 Å². The number of anilines is 1. The molecule has 0 saturated heterocycles. The monoisotopic (exact) mass is 273 g/mol. The zero-order valence-electron chi connectivity index (χ0n) is 11.1. The Balaban J connectivity index is 2.88. The Kier molecular flexibility index (Phi) is 5.53. The fourth-order valence-corrected chi connectivity index (χ4v) is 2.36. The van der Waals surface area contributed by atoms with E-state index in [9.17, 15) is 0 Å². The van der Waals surface area contributed by atoms with Gasteiger partial charge in [-0.1, -0.05) is 11.6 Å². The summed E-state index contributed by atoms with van der Waals surface area (Å²) < 4.78 is 0. The molecule has 1 aromatic heterocycles. The molecule has 0 aliphatic rings. The molecule has 0 bridgehead atoms. The van der Waals surface area contributed by atoms with Crippen molar-refractivity contribution in [3.05, 3.63) is 16.5 Å². The number of hydrogen-bond donors (Lipinski definition) is 0. The summed E-state index contributed by atoms with van der Waals surface area (Å²) in [5, 5.41) is 0.492. The lowest BCUT2D eigenvalue weighted by Gasteiger charge is -2.26. The van der Waals surface area contributed by atoms with Gasteiger partial charge < -0.3 is 4.90 Å². The van der Waals surface area contributed by atoms with Crippen molar-refractivity contribution in [1.29, 1.82) is 0 Å². The summed E-state index contributed by atoms with van der Waals surface area (Å²) in [6.45, 7) is 6.07. The van der Waals surface area contributed by atoms with E-state index in [0.717, 1.165) is 29.4 Å². The molecule has 0 radical (unpaired) electrons. The largest absolute Gasteiger partial charge is 0.354 e. The van der Waals surface area contributed by atoms with Crippen molar-refractivity contribution in [2.75, 3.05) is 24.0 Å². The molecular weight excluding hydrogens is 254 g/mol. The minimum absolute atomic E-state index is 0.413. The van der Waals surface area contributed by atoms with E-state index in [1.165, 1.54) is 0 Å². The molecule has 5 heteroatoms. The molecule has 1 aromatic rings. The van der Waals surface area contributed by atoms with Gasteiger partial charge in [0.1, 0.15) is 0 Å². The van der Waals surface area contributed by atoms with Crippen molar-refractivity contribution < 1.29 is 0 Å². The number of thioether (sulfide) groups is 1. The van der Waals surface area contributed by atoms with Crippen LogP contribution in [0, 0.1) is 13.8 Å². The zero-order valence-corrected chi connectivity index (χ0v) is 12.7. The average molecular weight is 274 g/mol. The number of aromatic nitrogens is 2. The van der Waals surface area contributed by atoms with Gasteiger partial charge in [0.15, 0.2) is 11.0 Å². The highest BCUT2D eigenvalue weighted by atomic mass is 35.5. The third-order valence-electron chi connectivity index (χ3n) is 2.98. The van der Waals surface area contributed by atoms with Crippen LogP contribution in [-0.4, -0.2) is 35.1 Å². The van der Waals surface area contributed by atoms with Crippen LogP contribution in [-0.2, 0) is 0 Å². The van der Waals surface area contributed by atoms with E-state index in [0.29, 0.717) is 11.2 Å². The van der Waals surface area contributed by atoms with Gasteiger partial charge in [0.2, 0.25) is 0 Å². The maximum absolute atomic E-state index is 6.15. The molecule has 1 rings (SSSR count). The first kappa shape index (κ1) is 14.6. The van der Waals surface area contributed by atoms with Crippen LogP contribution in [0.3, 0.4) is 0 Å². The molecule has 96 valence electrons. The molecule has 0 aliphatic carbocycles. The van der Waals surface area contributed by atoms with Crippen molar-refractivity contribution in [2.24, 2.45) is 0 Å². The quantitative estimate of drug-likeness (QED) is 0.823. The van der Waals surface area contributed by atoms with Gasteiger partial charge in [-0.15, -0.1) is 0 Å². The van der Waals surface area contributed by atoms with Gasteiger partial charge in [-0.25, -0.2) is 9.97 Å². The topological polar surface area (TPSA) is 29.0 Å². The van der Waals surface area contributed by atoms with Crippen molar-refractivity contribution in [2.45, 2.75) is 33.2 Å². The van der Waals surface area contributed by atoms with Gasteiger partial charge in [0.25, 0.3) is 0 Å². The fourth-order valence-electron chi connectivity index (χ4n) is 1.48. The Morgan fingerprint density at radius 3 is 2.47 bits per heavy atom. The standard InChI is InChI=1S/C12H20ClN3S/c1-8(6-7-17-5)16(4)12-11(13)14-9(2)10(3)15-12/h8H,6-7H2,1-5H3. The summed E-state index contributed by atoms with van der Waals surface area (Å²) in [4.78, 5) is 10.9. The highest BCUT2D eigenvalue weighted by molar-refractivity contribution is 7.98. The molecule has 0 amide bonds. The average Bonchev–Trinajstić information content (AvgIpc) is 2.29. The summed E-state index contributed by atoms with van der Waals surface area (Å²) in [6.07, 6.45) is 3.23. The summed E-state index contributed by atoms with van der Waals surface area (Å²) in [5.41, 5.74) is 1.83. The predicted molar refractivity (Wildman–Crippen MR) is 77.4 cm³/mol.